The lowest BCUT2D eigenvalue weighted by atomic mass is 9.77. The van der Waals surface area contributed by atoms with Crippen LogP contribution in [0.1, 0.15) is 24.6 Å². The molecule has 4 heterocycles. The lowest BCUT2D eigenvalue weighted by Crippen LogP contribution is -2.37. The van der Waals surface area contributed by atoms with Crippen LogP contribution in [0.2, 0.25) is 0 Å². The largest absolute Gasteiger partial charge is 0.465 e. The fourth-order valence-electron chi connectivity index (χ4n) is 4.97. The Labute approximate surface area is 176 Å². The van der Waals surface area contributed by atoms with Crippen LogP contribution in [0.3, 0.4) is 0 Å². The highest BCUT2D eigenvalue weighted by atomic mass is 16.5. The molecule has 0 unspecified atom stereocenters. The third kappa shape index (κ3) is 3.95. The average Bonchev–Trinajstić information content (AvgIpc) is 3.53. The molecule has 4 atom stereocenters. The Kier molecular flexibility index (Phi) is 5.46. The first kappa shape index (κ1) is 19.2. The van der Waals surface area contributed by atoms with E-state index >= 15 is 0 Å². The van der Waals surface area contributed by atoms with E-state index in [4.69, 9.17) is 9.15 Å². The van der Waals surface area contributed by atoms with Crippen molar-refractivity contribution in [3.8, 4) is 11.3 Å². The summed E-state index contributed by atoms with van der Waals surface area (Å²) in [5.41, 5.74) is 1.92. The van der Waals surface area contributed by atoms with Gasteiger partial charge in [-0.25, -0.2) is 4.68 Å². The van der Waals surface area contributed by atoms with Crippen LogP contribution in [0.4, 0.5) is 0 Å². The maximum atomic E-state index is 5.90. The van der Waals surface area contributed by atoms with Crippen LogP contribution >= 0.6 is 0 Å². The molecule has 3 aromatic rings. The molecule has 0 spiro atoms. The molecule has 0 amide bonds. The van der Waals surface area contributed by atoms with Gasteiger partial charge in [-0.2, -0.15) is 0 Å². The third-order valence-electron chi connectivity index (χ3n) is 6.48. The summed E-state index contributed by atoms with van der Waals surface area (Å²) >= 11 is 0. The minimum absolute atomic E-state index is 0.164. The Morgan fingerprint density at radius 3 is 2.77 bits per heavy atom. The molecule has 0 bridgehead atoms. The number of ether oxygens (including phenoxy) is 1. The highest BCUT2D eigenvalue weighted by Crippen LogP contribution is 2.42. The van der Waals surface area contributed by atoms with E-state index in [1.54, 1.807) is 18.7 Å². The standard InChI is InChI=1S/C23H27N5O2/c1-29-23-13-19-15-27(10-2-4-20-5-3-11-30-20)14-18(19)12-22(23)28-16-21(25-26-28)17-6-8-24-9-7-17/h2-9,11,16,18-19,22-23H,10,12-15H2,1H3/b4-2+/t18-,19+,22-,23-/m1/s1. The minimum Gasteiger partial charge on any atom is -0.465 e. The first-order valence-electron chi connectivity index (χ1n) is 10.6. The summed E-state index contributed by atoms with van der Waals surface area (Å²) in [5, 5.41) is 8.85. The van der Waals surface area contributed by atoms with Crippen molar-refractivity contribution in [1.29, 1.82) is 0 Å². The van der Waals surface area contributed by atoms with Gasteiger partial charge in [-0.1, -0.05) is 11.3 Å². The Morgan fingerprint density at radius 2 is 2.00 bits per heavy atom. The summed E-state index contributed by atoms with van der Waals surface area (Å²) < 4.78 is 13.3. The van der Waals surface area contributed by atoms with E-state index in [9.17, 15) is 0 Å². The van der Waals surface area contributed by atoms with Gasteiger partial charge in [0.1, 0.15) is 11.5 Å². The fraction of sp³-hybridized carbons (Fsp3) is 0.435. The number of rotatable bonds is 6. The summed E-state index contributed by atoms with van der Waals surface area (Å²) in [6.45, 7) is 3.19. The van der Waals surface area contributed by atoms with Crippen molar-refractivity contribution in [3.63, 3.8) is 0 Å². The third-order valence-corrected chi connectivity index (χ3v) is 6.48. The number of pyridine rings is 1. The molecule has 7 heteroatoms. The number of hydrogen-bond donors (Lipinski definition) is 0. The second kappa shape index (κ2) is 8.53. The number of hydrogen-bond acceptors (Lipinski definition) is 6. The van der Waals surface area contributed by atoms with E-state index in [2.05, 4.69) is 32.3 Å². The first-order valence-corrected chi connectivity index (χ1v) is 10.6. The molecule has 2 aliphatic rings. The van der Waals surface area contributed by atoms with Gasteiger partial charge >= 0.3 is 0 Å². The zero-order valence-corrected chi connectivity index (χ0v) is 17.2. The zero-order chi connectivity index (χ0) is 20.3. The second-order valence-electron chi connectivity index (χ2n) is 8.29. The van der Waals surface area contributed by atoms with E-state index in [-0.39, 0.29) is 12.1 Å². The number of methoxy groups -OCH3 is 1. The van der Waals surface area contributed by atoms with Crippen molar-refractivity contribution in [2.24, 2.45) is 11.8 Å². The topological polar surface area (TPSA) is 69.2 Å². The molecule has 7 nitrogen and oxygen atoms in total. The molecule has 3 aromatic heterocycles. The van der Waals surface area contributed by atoms with Gasteiger partial charge in [-0.05, 0) is 55.0 Å². The van der Waals surface area contributed by atoms with E-state index in [1.807, 2.05) is 42.3 Å². The van der Waals surface area contributed by atoms with Crippen molar-refractivity contribution >= 4 is 6.08 Å². The molecule has 1 saturated carbocycles. The van der Waals surface area contributed by atoms with Gasteiger partial charge in [-0.15, -0.1) is 5.10 Å². The summed E-state index contributed by atoms with van der Waals surface area (Å²) in [5.74, 6) is 2.24. The first-order chi connectivity index (χ1) is 14.8. The predicted octanol–water partition coefficient (Wildman–Crippen LogP) is 3.54. The van der Waals surface area contributed by atoms with Crippen LogP contribution < -0.4 is 0 Å². The van der Waals surface area contributed by atoms with Gasteiger partial charge in [0.15, 0.2) is 0 Å². The van der Waals surface area contributed by atoms with E-state index in [0.29, 0.717) is 11.8 Å². The zero-order valence-electron chi connectivity index (χ0n) is 17.2. The second-order valence-corrected chi connectivity index (χ2v) is 8.29. The number of fused-ring (bicyclic) bond motifs is 1. The van der Waals surface area contributed by atoms with Crippen LogP contribution in [0.15, 0.2) is 59.6 Å². The Bertz CT molecular complexity index is 969. The highest BCUT2D eigenvalue weighted by molar-refractivity contribution is 5.56. The fourth-order valence-corrected chi connectivity index (χ4v) is 4.97. The summed E-state index contributed by atoms with van der Waals surface area (Å²) in [4.78, 5) is 6.62. The molecule has 0 N–H and O–H groups in total. The maximum Gasteiger partial charge on any atom is 0.126 e. The van der Waals surface area contributed by atoms with Crippen molar-refractivity contribution in [2.45, 2.75) is 25.0 Å². The molecular weight excluding hydrogens is 378 g/mol. The maximum absolute atomic E-state index is 5.90. The molecular formula is C23H27N5O2. The molecule has 1 aliphatic heterocycles. The van der Waals surface area contributed by atoms with Crippen LogP contribution in [-0.2, 0) is 4.74 Å². The van der Waals surface area contributed by atoms with E-state index in [0.717, 1.165) is 49.5 Å². The SMILES string of the molecule is CO[C@@H]1C[C@H]2CN(C/C=C/c3ccco3)C[C@H]2C[C@H]1n1cc(-c2ccncc2)nn1. The highest BCUT2D eigenvalue weighted by Gasteiger charge is 2.43. The number of likely N-dealkylation sites (tertiary alicyclic amines) is 1. The molecule has 156 valence electrons. The smallest absolute Gasteiger partial charge is 0.126 e. The van der Waals surface area contributed by atoms with Gasteiger partial charge in [0.2, 0.25) is 0 Å². The molecule has 1 saturated heterocycles. The van der Waals surface area contributed by atoms with Crippen LogP contribution in [0.5, 0.6) is 0 Å². The van der Waals surface area contributed by atoms with Crippen LogP contribution in [0.25, 0.3) is 17.3 Å². The van der Waals surface area contributed by atoms with Crippen molar-refractivity contribution in [2.75, 3.05) is 26.7 Å². The molecule has 30 heavy (non-hydrogen) atoms. The quantitative estimate of drug-likeness (QED) is 0.625. The normalized spacial score (nSPS) is 27.0. The molecule has 0 radical (unpaired) electrons. The van der Waals surface area contributed by atoms with E-state index < -0.39 is 0 Å². The Morgan fingerprint density at radius 1 is 1.17 bits per heavy atom. The summed E-state index contributed by atoms with van der Waals surface area (Å²) in [7, 11) is 1.82. The van der Waals surface area contributed by atoms with Gasteiger partial charge < -0.3 is 9.15 Å². The van der Waals surface area contributed by atoms with Crippen molar-refractivity contribution in [3.05, 3.63) is 61.0 Å². The lowest BCUT2D eigenvalue weighted by molar-refractivity contribution is -0.00544. The summed E-state index contributed by atoms with van der Waals surface area (Å²) in [6.07, 6.45) is 13.9. The molecule has 2 fully saturated rings. The number of nitrogens with zero attached hydrogens (tertiary/aromatic N) is 5. The van der Waals surface area contributed by atoms with Gasteiger partial charge in [0.05, 0.1) is 24.6 Å². The lowest BCUT2D eigenvalue weighted by Gasteiger charge is -2.37. The van der Waals surface area contributed by atoms with Gasteiger partial charge in [-0.3, -0.25) is 9.88 Å². The molecule has 0 aromatic carbocycles. The van der Waals surface area contributed by atoms with Gasteiger partial charge in [0.25, 0.3) is 0 Å². The molecule has 1 aliphatic carbocycles. The summed E-state index contributed by atoms with van der Waals surface area (Å²) in [6, 6.07) is 8.04. The number of furan rings is 1. The monoisotopic (exact) mass is 405 g/mol. The predicted molar refractivity (Wildman–Crippen MR) is 113 cm³/mol. The Balaban J connectivity index is 1.26. The van der Waals surface area contributed by atoms with Crippen LogP contribution in [0, 0.1) is 11.8 Å². The Hall–Kier alpha value is -2.77. The average molecular weight is 406 g/mol. The van der Waals surface area contributed by atoms with Crippen LogP contribution in [-0.4, -0.2) is 57.7 Å². The minimum atomic E-state index is 0.164. The number of aromatic nitrogens is 4. The van der Waals surface area contributed by atoms with Crippen molar-refractivity contribution in [1.82, 2.24) is 24.9 Å². The van der Waals surface area contributed by atoms with Gasteiger partial charge in [0, 0.05) is 44.7 Å². The van der Waals surface area contributed by atoms with Crippen molar-refractivity contribution < 1.29 is 9.15 Å². The van der Waals surface area contributed by atoms with E-state index in [1.165, 1.54) is 0 Å². The molecule has 5 rings (SSSR count).